The van der Waals surface area contributed by atoms with Crippen molar-refractivity contribution in [2.45, 2.75) is 26.8 Å². The number of nitrogens with one attached hydrogen (secondary N) is 1. The van der Waals surface area contributed by atoms with Crippen molar-refractivity contribution in [1.82, 2.24) is 5.32 Å². The van der Waals surface area contributed by atoms with E-state index in [9.17, 15) is 9.59 Å². The van der Waals surface area contributed by atoms with Gasteiger partial charge in [0.25, 0.3) is 5.91 Å². The van der Waals surface area contributed by atoms with Crippen LogP contribution in [0.25, 0.3) is 6.08 Å². The fraction of sp³-hybridized carbons (Fsp3) is 0.375. The zero-order valence-corrected chi connectivity index (χ0v) is 13.4. The molecule has 1 unspecified atom stereocenters. The average molecular weight is 307 g/mol. The van der Waals surface area contributed by atoms with Crippen LogP contribution in [0, 0.1) is 6.92 Å². The summed E-state index contributed by atoms with van der Waals surface area (Å²) in [5.41, 5.74) is 2.21. The molecule has 0 aliphatic heterocycles. The molecule has 5 heteroatoms. The second-order valence-electron chi connectivity index (χ2n) is 4.78. The molecule has 0 saturated heterocycles. The SMILES string of the molecule is CCSCC(C)NC(=O)c1ccc(C)c(/C=C/C(=O)O)c1. The van der Waals surface area contributed by atoms with Gasteiger partial charge in [0.1, 0.15) is 0 Å². The monoisotopic (exact) mass is 307 g/mol. The summed E-state index contributed by atoms with van der Waals surface area (Å²) < 4.78 is 0. The highest BCUT2D eigenvalue weighted by Crippen LogP contribution is 2.13. The minimum absolute atomic E-state index is 0.0989. The predicted molar refractivity (Wildman–Crippen MR) is 87.8 cm³/mol. The first-order chi connectivity index (χ1) is 9.93. The van der Waals surface area contributed by atoms with Gasteiger partial charge in [-0.15, -0.1) is 0 Å². The number of carbonyl (C=O) groups excluding carboxylic acids is 1. The average Bonchev–Trinajstić information content (AvgIpc) is 2.43. The lowest BCUT2D eigenvalue weighted by Gasteiger charge is -2.13. The molecule has 0 aromatic heterocycles. The van der Waals surface area contributed by atoms with Crippen LogP contribution in [-0.4, -0.2) is 34.5 Å². The molecule has 1 amide bonds. The van der Waals surface area contributed by atoms with Crippen LogP contribution in [0.1, 0.15) is 35.3 Å². The minimum Gasteiger partial charge on any atom is -0.478 e. The van der Waals surface area contributed by atoms with E-state index >= 15 is 0 Å². The Morgan fingerprint density at radius 2 is 2.14 bits per heavy atom. The van der Waals surface area contributed by atoms with Crippen molar-refractivity contribution in [3.63, 3.8) is 0 Å². The quantitative estimate of drug-likeness (QED) is 0.760. The summed E-state index contributed by atoms with van der Waals surface area (Å²) in [6, 6.07) is 5.38. The van der Waals surface area contributed by atoms with Gasteiger partial charge in [-0.1, -0.05) is 13.0 Å². The van der Waals surface area contributed by atoms with E-state index in [0.29, 0.717) is 5.56 Å². The van der Waals surface area contributed by atoms with E-state index in [2.05, 4.69) is 12.2 Å². The van der Waals surface area contributed by atoms with Crippen LogP contribution in [0.3, 0.4) is 0 Å². The molecular weight excluding hydrogens is 286 g/mol. The molecular formula is C16H21NO3S. The highest BCUT2D eigenvalue weighted by atomic mass is 32.2. The van der Waals surface area contributed by atoms with Gasteiger partial charge in [-0.05, 0) is 48.9 Å². The molecule has 2 N–H and O–H groups in total. The van der Waals surface area contributed by atoms with Gasteiger partial charge in [0.05, 0.1) is 0 Å². The number of carboxylic acid groups (broad SMARTS) is 1. The zero-order chi connectivity index (χ0) is 15.8. The Bertz CT molecular complexity index is 540. The molecule has 21 heavy (non-hydrogen) atoms. The Morgan fingerprint density at radius 3 is 2.76 bits per heavy atom. The van der Waals surface area contributed by atoms with Crippen LogP contribution in [0.5, 0.6) is 0 Å². The van der Waals surface area contributed by atoms with Crippen LogP contribution >= 0.6 is 11.8 Å². The van der Waals surface area contributed by atoms with Crippen molar-refractivity contribution in [2.24, 2.45) is 0 Å². The van der Waals surface area contributed by atoms with Gasteiger partial charge in [-0.3, -0.25) is 4.79 Å². The fourth-order valence-corrected chi connectivity index (χ4v) is 2.44. The van der Waals surface area contributed by atoms with Crippen molar-refractivity contribution in [2.75, 3.05) is 11.5 Å². The van der Waals surface area contributed by atoms with Crippen molar-refractivity contribution in [1.29, 1.82) is 0 Å². The van der Waals surface area contributed by atoms with Crippen molar-refractivity contribution >= 4 is 29.7 Å². The van der Waals surface area contributed by atoms with Crippen LogP contribution in [0.4, 0.5) is 0 Å². The van der Waals surface area contributed by atoms with Crippen molar-refractivity contribution in [3.8, 4) is 0 Å². The largest absolute Gasteiger partial charge is 0.478 e. The molecule has 1 atom stereocenters. The third kappa shape index (κ3) is 6.04. The van der Waals surface area contributed by atoms with Gasteiger partial charge in [-0.25, -0.2) is 4.79 Å². The smallest absolute Gasteiger partial charge is 0.328 e. The molecule has 1 aromatic rings. The topological polar surface area (TPSA) is 66.4 Å². The number of hydrogen-bond donors (Lipinski definition) is 2. The Hall–Kier alpha value is -1.75. The van der Waals surface area contributed by atoms with Crippen LogP contribution < -0.4 is 5.32 Å². The molecule has 114 valence electrons. The third-order valence-electron chi connectivity index (χ3n) is 2.90. The zero-order valence-electron chi connectivity index (χ0n) is 12.6. The van der Waals surface area contributed by atoms with E-state index in [1.54, 1.807) is 23.9 Å². The first-order valence-electron chi connectivity index (χ1n) is 6.84. The fourth-order valence-electron chi connectivity index (χ4n) is 1.77. The Kier molecular flexibility index (Phi) is 7.02. The molecule has 4 nitrogen and oxygen atoms in total. The summed E-state index contributed by atoms with van der Waals surface area (Å²) >= 11 is 1.78. The highest BCUT2D eigenvalue weighted by molar-refractivity contribution is 7.99. The van der Waals surface area contributed by atoms with Crippen LogP contribution in [0.15, 0.2) is 24.3 Å². The van der Waals surface area contributed by atoms with Crippen molar-refractivity contribution in [3.05, 3.63) is 41.0 Å². The highest BCUT2D eigenvalue weighted by Gasteiger charge is 2.10. The number of thioether (sulfide) groups is 1. The maximum absolute atomic E-state index is 12.2. The molecule has 0 saturated carbocycles. The maximum atomic E-state index is 12.2. The van der Waals surface area contributed by atoms with Gasteiger partial charge in [0.2, 0.25) is 0 Å². The van der Waals surface area contributed by atoms with E-state index in [1.165, 1.54) is 6.08 Å². The normalized spacial score (nSPS) is 12.3. The van der Waals surface area contributed by atoms with E-state index in [1.807, 2.05) is 19.9 Å². The lowest BCUT2D eigenvalue weighted by atomic mass is 10.0. The van der Waals surface area contributed by atoms with Gasteiger partial charge >= 0.3 is 5.97 Å². The minimum atomic E-state index is -1.01. The Morgan fingerprint density at radius 1 is 1.43 bits per heavy atom. The molecule has 0 bridgehead atoms. The number of aryl methyl sites for hydroxylation is 1. The molecule has 0 heterocycles. The predicted octanol–water partition coefficient (Wildman–Crippen LogP) is 2.96. The standard InChI is InChI=1S/C16H21NO3S/c1-4-21-10-12(3)17-16(20)14-6-5-11(2)13(9-14)7-8-15(18)19/h5-9,12H,4,10H2,1-3H3,(H,17,20)(H,18,19)/b8-7+. The van der Waals surface area contributed by atoms with E-state index in [0.717, 1.165) is 28.7 Å². The summed E-state index contributed by atoms with van der Waals surface area (Å²) in [4.78, 5) is 22.7. The summed E-state index contributed by atoms with van der Waals surface area (Å²) in [5, 5.41) is 11.6. The number of carbonyl (C=O) groups is 2. The second kappa shape index (κ2) is 8.52. The summed E-state index contributed by atoms with van der Waals surface area (Å²) in [6.45, 7) is 5.93. The molecule has 0 aliphatic rings. The lowest BCUT2D eigenvalue weighted by Crippen LogP contribution is -2.34. The van der Waals surface area contributed by atoms with Crippen LogP contribution in [0.2, 0.25) is 0 Å². The number of benzene rings is 1. The molecule has 0 aliphatic carbocycles. The summed E-state index contributed by atoms with van der Waals surface area (Å²) in [6.07, 6.45) is 2.58. The number of amides is 1. The van der Waals surface area contributed by atoms with E-state index in [4.69, 9.17) is 5.11 Å². The summed E-state index contributed by atoms with van der Waals surface area (Å²) in [7, 11) is 0. The molecule has 0 fully saturated rings. The molecule has 0 radical (unpaired) electrons. The van der Waals surface area contributed by atoms with Gasteiger partial charge in [0.15, 0.2) is 0 Å². The van der Waals surface area contributed by atoms with Gasteiger partial charge in [0, 0.05) is 23.4 Å². The van der Waals surface area contributed by atoms with Gasteiger partial charge < -0.3 is 10.4 Å². The van der Waals surface area contributed by atoms with E-state index < -0.39 is 5.97 Å². The van der Waals surface area contributed by atoms with Gasteiger partial charge in [-0.2, -0.15) is 11.8 Å². The Labute approximate surface area is 129 Å². The maximum Gasteiger partial charge on any atom is 0.328 e. The second-order valence-corrected chi connectivity index (χ2v) is 6.10. The number of hydrogen-bond acceptors (Lipinski definition) is 3. The lowest BCUT2D eigenvalue weighted by molar-refractivity contribution is -0.131. The number of carboxylic acids is 1. The van der Waals surface area contributed by atoms with Crippen LogP contribution in [-0.2, 0) is 4.79 Å². The number of rotatable bonds is 7. The van der Waals surface area contributed by atoms with E-state index in [-0.39, 0.29) is 11.9 Å². The third-order valence-corrected chi connectivity index (χ3v) is 4.04. The Balaban J connectivity index is 2.81. The summed E-state index contributed by atoms with van der Waals surface area (Å²) in [5.74, 6) is 0.757. The number of aliphatic carboxylic acids is 1. The first kappa shape index (κ1) is 17.3. The molecule has 1 aromatic carbocycles. The first-order valence-corrected chi connectivity index (χ1v) is 7.99. The van der Waals surface area contributed by atoms with Crippen molar-refractivity contribution < 1.29 is 14.7 Å². The molecule has 0 spiro atoms. The molecule has 1 rings (SSSR count).